The first kappa shape index (κ1) is 21.0. The average Bonchev–Trinajstić information content (AvgIpc) is 2.44. The van der Waals surface area contributed by atoms with Gasteiger partial charge in [-0.25, -0.2) is 4.99 Å². The number of benzene rings is 1. The van der Waals surface area contributed by atoms with Gasteiger partial charge in [0.1, 0.15) is 12.4 Å². The summed E-state index contributed by atoms with van der Waals surface area (Å²) in [7, 11) is 0. The summed E-state index contributed by atoms with van der Waals surface area (Å²) in [6, 6.07) is 8.23. The number of nitrogens with zero attached hydrogens (tertiary/aromatic N) is 2. The topological polar surface area (TPSA) is 50.8 Å². The van der Waals surface area contributed by atoms with Gasteiger partial charge in [-0.15, -0.1) is 24.0 Å². The van der Waals surface area contributed by atoms with E-state index < -0.39 is 0 Å². The van der Waals surface area contributed by atoms with Gasteiger partial charge < -0.3 is 15.4 Å². The van der Waals surface area contributed by atoms with E-state index in [9.17, 15) is 0 Å². The molecule has 0 unspecified atom stereocenters. The summed E-state index contributed by atoms with van der Waals surface area (Å²) in [5.74, 6) is 1.48. The second-order valence-corrected chi connectivity index (χ2v) is 6.04. The Labute approximate surface area is 152 Å². The van der Waals surface area contributed by atoms with Crippen LogP contribution in [0.2, 0.25) is 0 Å². The van der Waals surface area contributed by atoms with Gasteiger partial charge in [-0.05, 0) is 37.0 Å². The van der Waals surface area contributed by atoms with Crippen molar-refractivity contribution in [2.75, 3.05) is 26.2 Å². The van der Waals surface area contributed by atoms with Crippen molar-refractivity contribution in [2.24, 2.45) is 10.7 Å². The molecule has 0 bridgehead atoms. The van der Waals surface area contributed by atoms with Crippen molar-refractivity contribution >= 4 is 29.9 Å². The summed E-state index contributed by atoms with van der Waals surface area (Å²) >= 11 is 0. The van der Waals surface area contributed by atoms with E-state index in [4.69, 9.17) is 10.5 Å². The zero-order valence-corrected chi connectivity index (χ0v) is 16.8. The lowest BCUT2D eigenvalue weighted by molar-refractivity contribution is 0.326. The molecule has 126 valence electrons. The molecule has 1 aromatic carbocycles. The number of hydrogen-bond acceptors (Lipinski definition) is 2. The Morgan fingerprint density at radius 3 is 2.41 bits per heavy atom. The Morgan fingerprint density at radius 2 is 1.86 bits per heavy atom. The second kappa shape index (κ2) is 9.92. The summed E-state index contributed by atoms with van der Waals surface area (Å²) in [5, 5.41) is 0. The van der Waals surface area contributed by atoms with Gasteiger partial charge >= 0.3 is 0 Å². The Balaban J connectivity index is 0.00000441. The number of rotatable bonds is 6. The largest absolute Gasteiger partial charge is 0.492 e. The van der Waals surface area contributed by atoms with E-state index in [1.54, 1.807) is 0 Å². The van der Waals surface area contributed by atoms with Crippen LogP contribution in [0.15, 0.2) is 29.3 Å². The highest BCUT2D eigenvalue weighted by Gasteiger charge is 2.13. The Kier molecular flexibility index (Phi) is 9.48. The molecule has 1 rings (SSSR count). The predicted octanol–water partition coefficient (Wildman–Crippen LogP) is 3.64. The number of aliphatic imine (C=N–C) groups is 1. The predicted molar refractivity (Wildman–Crippen MR) is 105 cm³/mol. The van der Waals surface area contributed by atoms with Crippen LogP contribution in [0.5, 0.6) is 5.75 Å². The van der Waals surface area contributed by atoms with Crippen molar-refractivity contribution in [1.29, 1.82) is 0 Å². The molecular weight excluding hydrogens is 389 g/mol. The molecule has 22 heavy (non-hydrogen) atoms. The van der Waals surface area contributed by atoms with Crippen LogP contribution in [0.25, 0.3) is 0 Å². The van der Waals surface area contributed by atoms with E-state index in [2.05, 4.69) is 51.7 Å². The summed E-state index contributed by atoms with van der Waals surface area (Å²) in [6.07, 6.45) is 0. The van der Waals surface area contributed by atoms with Gasteiger partial charge in [-0.2, -0.15) is 0 Å². The fourth-order valence-corrected chi connectivity index (χ4v) is 2.02. The van der Waals surface area contributed by atoms with Crippen LogP contribution in [-0.2, 0) is 5.41 Å². The van der Waals surface area contributed by atoms with E-state index in [-0.39, 0.29) is 29.4 Å². The first-order chi connectivity index (χ1) is 9.88. The second-order valence-electron chi connectivity index (χ2n) is 6.04. The first-order valence-corrected chi connectivity index (χ1v) is 7.66. The molecule has 5 heteroatoms. The average molecular weight is 419 g/mol. The monoisotopic (exact) mass is 419 g/mol. The standard InChI is InChI=1S/C17H29N3O.HI/c1-6-20(7-2)16(18)19-11-12-21-15-10-8-9-14(13-15)17(3,4)5;/h8-10,13H,6-7,11-12H2,1-5H3,(H2,18,19);1H. The maximum atomic E-state index is 5.92. The molecule has 0 aliphatic rings. The van der Waals surface area contributed by atoms with E-state index >= 15 is 0 Å². The highest BCUT2D eigenvalue weighted by atomic mass is 127. The van der Waals surface area contributed by atoms with E-state index in [1.165, 1.54) is 5.56 Å². The molecule has 0 atom stereocenters. The molecule has 2 N–H and O–H groups in total. The number of halogens is 1. The number of ether oxygens (including phenoxy) is 1. The molecule has 0 aliphatic heterocycles. The van der Waals surface area contributed by atoms with Crippen molar-refractivity contribution < 1.29 is 4.74 Å². The quantitative estimate of drug-likeness (QED) is 0.332. The molecule has 4 nitrogen and oxygen atoms in total. The lowest BCUT2D eigenvalue weighted by Gasteiger charge is -2.20. The van der Waals surface area contributed by atoms with Crippen LogP contribution < -0.4 is 10.5 Å². The zero-order valence-electron chi connectivity index (χ0n) is 14.4. The summed E-state index contributed by atoms with van der Waals surface area (Å²) in [4.78, 5) is 6.38. The van der Waals surface area contributed by atoms with Gasteiger partial charge in [-0.1, -0.05) is 32.9 Å². The maximum Gasteiger partial charge on any atom is 0.191 e. The first-order valence-electron chi connectivity index (χ1n) is 7.66. The van der Waals surface area contributed by atoms with Crippen LogP contribution in [0.3, 0.4) is 0 Å². The molecule has 0 fully saturated rings. The van der Waals surface area contributed by atoms with Gasteiger partial charge in [0.05, 0.1) is 6.54 Å². The maximum absolute atomic E-state index is 5.92. The summed E-state index contributed by atoms with van der Waals surface area (Å²) in [6.45, 7) is 13.6. The Hall–Kier alpha value is -0.980. The summed E-state index contributed by atoms with van der Waals surface area (Å²) in [5.41, 5.74) is 7.32. The Bertz CT molecular complexity index is 465. The molecule has 0 radical (unpaired) electrons. The molecule has 0 amide bonds. The van der Waals surface area contributed by atoms with Crippen molar-refractivity contribution in [3.05, 3.63) is 29.8 Å². The van der Waals surface area contributed by atoms with Gasteiger partial charge in [0.2, 0.25) is 0 Å². The normalized spacial score (nSPS) is 11.8. The van der Waals surface area contributed by atoms with Crippen molar-refractivity contribution in [3.8, 4) is 5.75 Å². The third-order valence-corrected chi connectivity index (χ3v) is 3.42. The summed E-state index contributed by atoms with van der Waals surface area (Å²) < 4.78 is 5.76. The number of hydrogen-bond donors (Lipinski definition) is 1. The zero-order chi connectivity index (χ0) is 15.9. The van der Waals surface area contributed by atoms with Crippen LogP contribution in [0, 0.1) is 0 Å². The van der Waals surface area contributed by atoms with Crippen LogP contribution in [0.4, 0.5) is 0 Å². The van der Waals surface area contributed by atoms with Crippen molar-refractivity contribution in [2.45, 2.75) is 40.0 Å². The minimum Gasteiger partial charge on any atom is -0.492 e. The van der Waals surface area contributed by atoms with Gasteiger partial charge in [0, 0.05) is 13.1 Å². The SMILES string of the molecule is CCN(CC)C(N)=NCCOc1cccc(C(C)(C)C)c1.I. The van der Waals surface area contributed by atoms with Gasteiger partial charge in [-0.3, -0.25) is 0 Å². The molecule has 0 spiro atoms. The molecule has 0 heterocycles. The Morgan fingerprint density at radius 1 is 1.23 bits per heavy atom. The minimum atomic E-state index is 0. The van der Waals surface area contributed by atoms with Crippen LogP contribution in [0.1, 0.15) is 40.2 Å². The van der Waals surface area contributed by atoms with E-state index in [0.717, 1.165) is 18.8 Å². The minimum absolute atomic E-state index is 0. The third-order valence-electron chi connectivity index (χ3n) is 3.42. The lowest BCUT2D eigenvalue weighted by Crippen LogP contribution is -2.37. The smallest absolute Gasteiger partial charge is 0.191 e. The third kappa shape index (κ3) is 6.85. The molecular formula is C17H30IN3O. The van der Waals surface area contributed by atoms with E-state index in [1.807, 2.05) is 17.0 Å². The number of guanidine groups is 1. The van der Waals surface area contributed by atoms with Gasteiger partial charge in [0.25, 0.3) is 0 Å². The molecule has 0 saturated heterocycles. The number of nitrogens with two attached hydrogens (primary N) is 1. The van der Waals surface area contributed by atoms with Gasteiger partial charge in [0.15, 0.2) is 5.96 Å². The fourth-order valence-electron chi connectivity index (χ4n) is 2.02. The molecule has 1 aromatic rings. The van der Waals surface area contributed by atoms with Crippen molar-refractivity contribution in [1.82, 2.24) is 4.90 Å². The molecule has 0 aromatic heterocycles. The van der Waals surface area contributed by atoms with Crippen LogP contribution >= 0.6 is 24.0 Å². The highest BCUT2D eigenvalue weighted by molar-refractivity contribution is 14.0. The van der Waals surface area contributed by atoms with Crippen molar-refractivity contribution in [3.63, 3.8) is 0 Å². The lowest BCUT2D eigenvalue weighted by atomic mass is 9.87. The van der Waals surface area contributed by atoms with E-state index in [0.29, 0.717) is 19.1 Å². The fraction of sp³-hybridized carbons (Fsp3) is 0.588. The van der Waals surface area contributed by atoms with Crippen LogP contribution in [-0.4, -0.2) is 37.1 Å². The highest BCUT2D eigenvalue weighted by Crippen LogP contribution is 2.25. The molecule has 0 saturated carbocycles. The molecule has 0 aliphatic carbocycles.